The molecular weight excluding hydrogens is 414 g/mol. The van der Waals surface area contributed by atoms with E-state index in [0.29, 0.717) is 23.0 Å². The molecule has 6 heteroatoms. The Morgan fingerprint density at radius 1 is 0.879 bits per heavy atom. The second kappa shape index (κ2) is 6.68. The maximum Gasteiger partial charge on any atom is 0.347 e. The van der Waals surface area contributed by atoms with Gasteiger partial charge in [0.05, 0.1) is 11.1 Å². The van der Waals surface area contributed by atoms with E-state index in [0.717, 1.165) is 64.7 Å². The molecule has 33 heavy (non-hydrogen) atoms. The monoisotopic (exact) mass is 437 g/mol. The molecule has 5 heterocycles. The van der Waals surface area contributed by atoms with Gasteiger partial charge in [0.1, 0.15) is 0 Å². The lowest BCUT2D eigenvalue weighted by atomic mass is 9.85. The molecule has 0 amide bonds. The first kappa shape index (κ1) is 18.9. The summed E-state index contributed by atoms with van der Waals surface area (Å²) in [7, 11) is 1.96. The highest BCUT2D eigenvalue weighted by Crippen LogP contribution is 2.45. The standard InChI is InChI=1S/C27H23N3O3/c1-29-14-19(17-6-2-4-8-20(17)29)24-25(27(32)33-26(24)31)23-18-7-3-5-9-21(18)30-13-16-12-28-11-15(16)10-22(23)30/h2-9,14-16,28H,10-13H2,1H3/t15-,16-/m0/s1. The zero-order valence-corrected chi connectivity index (χ0v) is 18.3. The molecule has 3 aliphatic heterocycles. The van der Waals surface area contributed by atoms with E-state index >= 15 is 0 Å². The normalized spacial score (nSPS) is 22.3. The highest BCUT2D eigenvalue weighted by atomic mass is 16.6. The Bertz CT molecular complexity index is 1540. The number of benzene rings is 2. The largest absolute Gasteiger partial charge is 0.386 e. The van der Waals surface area contributed by atoms with Crippen LogP contribution >= 0.6 is 0 Å². The van der Waals surface area contributed by atoms with Crippen LogP contribution < -0.4 is 5.32 Å². The smallest absolute Gasteiger partial charge is 0.347 e. The zero-order chi connectivity index (χ0) is 22.3. The third-order valence-electron chi connectivity index (χ3n) is 7.69. The van der Waals surface area contributed by atoms with Crippen molar-refractivity contribution < 1.29 is 14.3 Å². The van der Waals surface area contributed by atoms with Gasteiger partial charge >= 0.3 is 11.9 Å². The fraction of sp³-hybridized carbons (Fsp3) is 0.259. The summed E-state index contributed by atoms with van der Waals surface area (Å²) < 4.78 is 9.62. The van der Waals surface area contributed by atoms with Crippen molar-refractivity contribution in [1.82, 2.24) is 14.5 Å². The Kier molecular flexibility index (Phi) is 3.82. The lowest BCUT2D eigenvalue weighted by Gasteiger charge is -2.28. The lowest BCUT2D eigenvalue weighted by molar-refractivity contribution is -0.149. The van der Waals surface area contributed by atoms with E-state index in [1.165, 1.54) is 0 Å². The fourth-order valence-electron chi connectivity index (χ4n) is 6.18. The van der Waals surface area contributed by atoms with Crippen molar-refractivity contribution >= 4 is 44.9 Å². The van der Waals surface area contributed by atoms with Crippen LogP contribution in [-0.4, -0.2) is 34.2 Å². The van der Waals surface area contributed by atoms with Crippen molar-refractivity contribution in [2.24, 2.45) is 18.9 Å². The summed E-state index contributed by atoms with van der Waals surface area (Å²) >= 11 is 0. The van der Waals surface area contributed by atoms with E-state index in [1.54, 1.807) is 0 Å². The summed E-state index contributed by atoms with van der Waals surface area (Å²) in [6.07, 6.45) is 2.82. The summed E-state index contributed by atoms with van der Waals surface area (Å²) in [5.74, 6) is 0.0143. The number of aryl methyl sites for hydroxylation is 1. The third-order valence-corrected chi connectivity index (χ3v) is 7.69. The van der Waals surface area contributed by atoms with Gasteiger partial charge in [0, 0.05) is 58.4 Å². The van der Waals surface area contributed by atoms with Gasteiger partial charge < -0.3 is 19.2 Å². The summed E-state index contributed by atoms with van der Waals surface area (Å²) in [6, 6.07) is 16.2. The zero-order valence-electron chi connectivity index (χ0n) is 18.3. The second-order valence-electron chi connectivity index (χ2n) is 9.43. The number of esters is 2. The molecule has 1 fully saturated rings. The minimum absolute atomic E-state index is 0.377. The quantitative estimate of drug-likeness (QED) is 0.385. The molecule has 2 aromatic carbocycles. The molecule has 0 spiro atoms. The summed E-state index contributed by atoms with van der Waals surface area (Å²) in [5.41, 5.74) is 5.67. The Balaban J connectivity index is 1.56. The van der Waals surface area contributed by atoms with Gasteiger partial charge in [-0.25, -0.2) is 9.59 Å². The molecule has 164 valence electrons. The molecular formula is C27H23N3O3. The van der Waals surface area contributed by atoms with Crippen LogP contribution in [0.3, 0.4) is 0 Å². The van der Waals surface area contributed by atoms with Gasteiger partial charge in [-0.05, 0) is 43.5 Å². The number of cyclic esters (lactones) is 2. The molecule has 7 rings (SSSR count). The van der Waals surface area contributed by atoms with Gasteiger partial charge in [-0.2, -0.15) is 0 Å². The fourth-order valence-corrected chi connectivity index (χ4v) is 6.18. The molecule has 0 bridgehead atoms. The number of carbonyl (C=O) groups excluding carboxylic acids is 2. The molecule has 3 aliphatic rings. The van der Waals surface area contributed by atoms with Gasteiger partial charge in [-0.3, -0.25) is 0 Å². The first-order chi connectivity index (χ1) is 16.1. The van der Waals surface area contributed by atoms with Gasteiger partial charge in [0.2, 0.25) is 0 Å². The Labute approximate surface area is 190 Å². The van der Waals surface area contributed by atoms with Crippen molar-refractivity contribution in [3.05, 3.63) is 71.5 Å². The van der Waals surface area contributed by atoms with Crippen LogP contribution in [0.4, 0.5) is 0 Å². The topological polar surface area (TPSA) is 65.3 Å². The van der Waals surface area contributed by atoms with Crippen molar-refractivity contribution in [3.8, 4) is 0 Å². The maximum atomic E-state index is 13.2. The first-order valence-electron chi connectivity index (χ1n) is 11.5. The van der Waals surface area contributed by atoms with E-state index in [4.69, 9.17) is 4.74 Å². The maximum absolute atomic E-state index is 13.2. The summed E-state index contributed by atoms with van der Waals surface area (Å²) in [5, 5.41) is 5.48. The van der Waals surface area contributed by atoms with Gasteiger partial charge in [0.25, 0.3) is 0 Å². The minimum Gasteiger partial charge on any atom is -0.386 e. The van der Waals surface area contributed by atoms with E-state index < -0.39 is 11.9 Å². The third kappa shape index (κ3) is 2.52. The summed E-state index contributed by atoms with van der Waals surface area (Å²) in [4.78, 5) is 26.3. The van der Waals surface area contributed by atoms with Crippen molar-refractivity contribution in [2.45, 2.75) is 13.0 Å². The Morgan fingerprint density at radius 3 is 2.42 bits per heavy atom. The molecule has 4 aromatic rings. The predicted molar refractivity (Wildman–Crippen MR) is 126 cm³/mol. The van der Waals surface area contributed by atoms with Crippen molar-refractivity contribution in [1.29, 1.82) is 0 Å². The number of aromatic nitrogens is 2. The number of nitrogens with zero attached hydrogens (tertiary/aromatic N) is 2. The predicted octanol–water partition coefficient (Wildman–Crippen LogP) is 3.52. The molecule has 1 N–H and O–H groups in total. The van der Waals surface area contributed by atoms with E-state index in [1.807, 2.05) is 54.2 Å². The SMILES string of the molecule is Cn1cc(C2=C(c3c4n(c5ccccc35)C[C@@H]3CNC[C@@H]3C4)C(=O)OC2=O)c2ccccc21. The highest BCUT2D eigenvalue weighted by Gasteiger charge is 2.42. The number of nitrogens with one attached hydrogen (secondary N) is 1. The first-order valence-corrected chi connectivity index (χ1v) is 11.5. The number of hydrogen-bond acceptors (Lipinski definition) is 4. The number of hydrogen-bond donors (Lipinski definition) is 1. The number of fused-ring (bicyclic) bond motifs is 5. The molecule has 6 nitrogen and oxygen atoms in total. The van der Waals surface area contributed by atoms with Crippen LogP contribution in [0.2, 0.25) is 0 Å². The van der Waals surface area contributed by atoms with Gasteiger partial charge in [-0.1, -0.05) is 36.4 Å². The second-order valence-corrected chi connectivity index (χ2v) is 9.43. The van der Waals surface area contributed by atoms with E-state index in [-0.39, 0.29) is 0 Å². The van der Waals surface area contributed by atoms with Crippen molar-refractivity contribution in [2.75, 3.05) is 13.1 Å². The number of rotatable bonds is 2. The number of para-hydroxylation sites is 2. The lowest BCUT2D eigenvalue weighted by Crippen LogP contribution is -2.28. The Morgan fingerprint density at radius 2 is 1.58 bits per heavy atom. The molecule has 0 unspecified atom stereocenters. The summed E-state index contributed by atoms with van der Waals surface area (Å²) in [6.45, 7) is 2.94. The van der Waals surface area contributed by atoms with Gasteiger partial charge in [0.15, 0.2) is 0 Å². The van der Waals surface area contributed by atoms with Crippen LogP contribution in [-0.2, 0) is 34.3 Å². The highest BCUT2D eigenvalue weighted by molar-refractivity contribution is 6.47. The van der Waals surface area contributed by atoms with Crippen LogP contribution in [0, 0.1) is 11.8 Å². The van der Waals surface area contributed by atoms with Crippen LogP contribution in [0.1, 0.15) is 16.8 Å². The molecule has 0 saturated carbocycles. The van der Waals surface area contributed by atoms with Gasteiger partial charge in [-0.15, -0.1) is 0 Å². The average Bonchev–Trinajstić information content (AvgIpc) is 3.56. The minimum atomic E-state index is -0.563. The average molecular weight is 437 g/mol. The van der Waals surface area contributed by atoms with E-state index in [9.17, 15) is 9.59 Å². The molecule has 2 atom stereocenters. The molecule has 0 aliphatic carbocycles. The van der Waals surface area contributed by atoms with Crippen LogP contribution in [0.5, 0.6) is 0 Å². The molecule has 1 saturated heterocycles. The Hall–Kier alpha value is -3.64. The van der Waals surface area contributed by atoms with Crippen molar-refractivity contribution in [3.63, 3.8) is 0 Å². The van der Waals surface area contributed by atoms with E-state index in [2.05, 4.69) is 22.0 Å². The van der Waals surface area contributed by atoms with Crippen LogP contribution in [0.25, 0.3) is 33.0 Å². The van der Waals surface area contributed by atoms with Crippen LogP contribution in [0.15, 0.2) is 54.7 Å². The molecule has 2 aromatic heterocycles. The number of ether oxygens (including phenoxy) is 1. The number of carbonyl (C=O) groups is 2. The molecule has 0 radical (unpaired) electrons.